The fraction of sp³-hybridized carbons (Fsp3) is 0.727. The first-order valence-electron chi connectivity index (χ1n) is 6.00. The summed E-state index contributed by atoms with van der Waals surface area (Å²) in [6, 6.07) is 0. The van der Waals surface area contributed by atoms with E-state index in [-0.39, 0.29) is 5.92 Å². The molecule has 0 bridgehead atoms. The van der Waals surface area contributed by atoms with Crippen molar-refractivity contribution in [2.45, 2.75) is 37.5 Å². The van der Waals surface area contributed by atoms with Gasteiger partial charge >= 0.3 is 5.97 Å². The van der Waals surface area contributed by atoms with Crippen molar-refractivity contribution in [2.75, 3.05) is 12.3 Å². The number of aliphatic carboxylic acids is 1. The van der Waals surface area contributed by atoms with Crippen molar-refractivity contribution in [3.05, 3.63) is 5.89 Å². The maximum absolute atomic E-state index is 11.6. The van der Waals surface area contributed by atoms with Gasteiger partial charge in [0.2, 0.25) is 5.89 Å². The molecule has 0 aromatic carbocycles. The topological polar surface area (TPSA) is 88.3 Å². The number of likely N-dealkylation sites (N-methyl/N-ethyl adjacent to an activating group) is 1. The Morgan fingerprint density at radius 1 is 1.61 bits per heavy atom. The monoisotopic (exact) mass is 271 g/mol. The van der Waals surface area contributed by atoms with Crippen LogP contribution in [0, 0.1) is 12.8 Å². The lowest BCUT2D eigenvalue weighted by molar-refractivity contribution is -0.144. The number of carboxylic acid groups (broad SMARTS) is 1. The number of rotatable bonds is 7. The first kappa shape index (κ1) is 13.4. The zero-order valence-electron chi connectivity index (χ0n) is 10.5. The zero-order chi connectivity index (χ0) is 13.2. The molecule has 1 aliphatic carbocycles. The van der Waals surface area contributed by atoms with E-state index in [0.717, 1.165) is 12.8 Å². The number of nitrogens with one attached hydrogen (secondary N) is 1. The van der Waals surface area contributed by atoms with E-state index in [1.54, 1.807) is 6.92 Å². The molecule has 1 fully saturated rings. The van der Waals surface area contributed by atoms with E-state index in [1.165, 1.54) is 11.8 Å². The van der Waals surface area contributed by atoms with Gasteiger partial charge in [-0.2, -0.15) is 0 Å². The van der Waals surface area contributed by atoms with Crippen molar-refractivity contribution in [3.8, 4) is 0 Å². The summed E-state index contributed by atoms with van der Waals surface area (Å²) in [6.07, 6.45) is 1.92. The molecular formula is C11H17N3O3S. The summed E-state index contributed by atoms with van der Waals surface area (Å²) in [7, 11) is 0. The Labute approximate surface area is 110 Å². The first-order valence-corrected chi connectivity index (χ1v) is 6.98. The van der Waals surface area contributed by atoms with Gasteiger partial charge in [-0.15, -0.1) is 10.2 Å². The Bertz CT molecular complexity index is 433. The van der Waals surface area contributed by atoms with Gasteiger partial charge in [-0.3, -0.25) is 4.79 Å². The Morgan fingerprint density at radius 3 is 2.78 bits per heavy atom. The zero-order valence-corrected chi connectivity index (χ0v) is 11.3. The van der Waals surface area contributed by atoms with Gasteiger partial charge in [-0.25, -0.2) is 0 Å². The van der Waals surface area contributed by atoms with Crippen molar-refractivity contribution < 1.29 is 14.3 Å². The molecule has 7 heteroatoms. The minimum Gasteiger partial charge on any atom is -0.480 e. The van der Waals surface area contributed by atoms with Crippen molar-refractivity contribution in [1.82, 2.24) is 15.5 Å². The molecular weight excluding hydrogens is 254 g/mol. The second-order valence-electron chi connectivity index (χ2n) is 4.46. The smallest absolute Gasteiger partial charge is 0.325 e. The van der Waals surface area contributed by atoms with Crippen LogP contribution in [-0.2, 0) is 4.79 Å². The molecule has 1 aromatic rings. The van der Waals surface area contributed by atoms with Crippen LogP contribution in [0.5, 0.6) is 0 Å². The van der Waals surface area contributed by atoms with E-state index in [0.29, 0.717) is 23.4 Å². The summed E-state index contributed by atoms with van der Waals surface area (Å²) in [5.41, 5.74) is -0.873. The maximum atomic E-state index is 11.6. The third kappa shape index (κ3) is 2.67. The summed E-state index contributed by atoms with van der Waals surface area (Å²) >= 11 is 1.30. The average Bonchev–Trinajstić information content (AvgIpc) is 3.08. The van der Waals surface area contributed by atoms with Crippen molar-refractivity contribution in [1.29, 1.82) is 0 Å². The number of carbonyl (C=O) groups is 1. The summed E-state index contributed by atoms with van der Waals surface area (Å²) in [5.74, 6) is 0.304. The second kappa shape index (κ2) is 5.27. The highest BCUT2D eigenvalue weighted by atomic mass is 32.2. The van der Waals surface area contributed by atoms with Gasteiger partial charge in [-0.1, -0.05) is 18.7 Å². The molecule has 0 aliphatic heterocycles. The highest BCUT2D eigenvalue weighted by Gasteiger charge is 2.50. The summed E-state index contributed by atoms with van der Waals surface area (Å²) in [5, 5.41) is 20.7. The van der Waals surface area contributed by atoms with E-state index in [1.807, 2.05) is 6.92 Å². The van der Waals surface area contributed by atoms with Gasteiger partial charge < -0.3 is 14.8 Å². The van der Waals surface area contributed by atoms with Crippen LogP contribution in [-0.4, -0.2) is 39.1 Å². The Morgan fingerprint density at radius 2 is 2.33 bits per heavy atom. The van der Waals surface area contributed by atoms with E-state index in [9.17, 15) is 9.90 Å². The van der Waals surface area contributed by atoms with Gasteiger partial charge in [0.15, 0.2) is 0 Å². The lowest BCUT2D eigenvalue weighted by Gasteiger charge is -2.29. The quantitative estimate of drug-likeness (QED) is 0.723. The SMILES string of the molecule is CCNC(CSc1nnc(C)o1)(C(=O)O)C1CC1. The number of nitrogens with zero attached hydrogens (tertiary/aromatic N) is 2. The highest BCUT2D eigenvalue weighted by Crippen LogP contribution is 2.42. The molecule has 6 nitrogen and oxygen atoms in total. The Kier molecular flexibility index (Phi) is 3.91. The van der Waals surface area contributed by atoms with Crippen LogP contribution in [0.2, 0.25) is 0 Å². The lowest BCUT2D eigenvalue weighted by atomic mass is 9.96. The van der Waals surface area contributed by atoms with Crippen molar-refractivity contribution >= 4 is 17.7 Å². The molecule has 100 valence electrons. The average molecular weight is 271 g/mol. The molecule has 18 heavy (non-hydrogen) atoms. The fourth-order valence-electron chi connectivity index (χ4n) is 2.03. The van der Waals surface area contributed by atoms with Gasteiger partial charge in [0.25, 0.3) is 5.22 Å². The van der Waals surface area contributed by atoms with Crippen LogP contribution >= 0.6 is 11.8 Å². The maximum Gasteiger partial charge on any atom is 0.325 e. The molecule has 1 aliphatic rings. The minimum absolute atomic E-state index is 0.200. The van der Waals surface area contributed by atoms with Gasteiger partial charge in [0, 0.05) is 12.7 Å². The predicted octanol–water partition coefficient (Wildman–Crippen LogP) is 1.31. The summed E-state index contributed by atoms with van der Waals surface area (Å²) in [4.78, 5) is 11.6. The van der Waals surface area contributed by atoms with Gasteiger partial charge in [-0.05, 0) is 25.3 Å². The summed E-state index contributed by atoms with van der Waals surface area (Å²) < 4.78 is 5.26. The van der Waals surface area contributed by atoms with Crippen molar-refractivity contribution in [2.24, 2.45) is 5.92 Å². The van der Waals surface area contributed by atoms with E-state index in [2.05, 4.69) is 15.5 Å². The van der Waals surface area contributed by atoms with Crippen LogP contribution in [0.25, 0.3) is 0 Å². The number of aromatic nitrogens is 2. The number of hydrogen-bond acceptors (Lipinski definition) is 6. The Balaban J connectivity index is 2.07. The second-order valence-corrected chi connectivity index (χ2v) is 5.38. The van der Waals surface area contributed by atoms with Crippen LogP contribution in [0.3, 0.4) is 0 Å². The number of thioether (sulfide) groups is 1. The third-order valence-electron chi connectivity index (χ3n) is 3.08. The standard InChI is InChI=1S/C11H17N3O3S/c1-3-12-11(9(15)16,8-4-5-8)6-18-10-14-13-7(2)17-10/h8,12H,3-6H2,1-2H3,(H,15,16). The molecule has 0 amide bonds. The molecule has 1 saturated carbocycles. The van der Waals surface area contributed by atoms with Crippen LogP contribution in [0.15, 0.2) is 9.64 Å². The van der Waals surface area contributed by atoms with Crippen LogP contribution < -0.4 is 5.32 Å². The highest BCUT2D eigenvalue weighted by molar-refractivity contribution is 7.99. The number of carboxylic acids is 1. The van der Waals surface area contributed by atoms with E-state index >= 15 is 0 Å². The predicted molar refractivity (Wildman–Crippen MR) is 66.5 cm³/mol. The van der Waals surface area contributed by atoms with Gasteiger partial charge in [0.1, 0.15) is 5.54 Å². The van der Waals surface area contributed by atoms with Crippen LogP contribution in [0.4, 0.5) is 0 Å². The molecule has 1 atom stereocenters. The largest absolute Gasteiger partial charge is 0.480 e. The first-order chi connectivity index (χ1) is 8.58. The van der Waals surface area contributed by atoms with E-state index < -0.39 is 11.5 Å². The number of hydrogen-bond donors (Lipinski definition) is 2. The molecule has 0 saturated heterocycles. The molecule has 1 unspecified atom stereocenters. The van der Waals surface area contributed by atoms with Gasteiger partial charge in [0.05, 0.1) is 0 Å². The molecule has 0 radical (unpaired) electrons. The molecule has 1 heterocycles. The summed E-state index contributed by atoms with van der Waals surface area (Å²) in [6.45, 7) is 4.26. The third-order valence-corrected chi connectivity index (χ3v) is 4.09. The van der Waals surface area contributed by atoms with E-state index in [4.69, 9.17) is 4.42 Å². The minimum atomic E-state index is -0.873. The molecule has 1 aromatic heterocycles. The fourth-order valence-corrected chi connectivity index (χ4v) is 3.12. The van der Waals surface area contributed by atoms with Crippen molar-refractivity contribution in [3.63, 3.8) is 0 Å². The molecule has 2 N–H and O–H groups in total. The lowest BCUT2D eigenvalue weighted by Crippen LogP contribution is -2.56. The normalized spacial score (nSPS) is 18.6. The number of aryl methyl sites for hydroxylation is 1. The Hall–Kier alpha value is -1.08. The molecule has 0 spiro atoms. The van der Waals surface area contributed by atoms with Crippen LogP contribution in [0.1, 0.15) is 25.7 Å². The molecule has 2 rings (SSSR count).